The van der Waals surface area contributed by atoms with E-state index in [1.807, 2.05) is 0 Å². The van der Waals surface area contributed by atoms with E-state index in [1.54, 1.807) is 7.11 Å². The predicted octanol–water partition coefficient (Wildman–Crippen LogP) is -0.158. The Morgan fingerprint density at radius 2 is 2.46 bits per heavy atom. The number of piperidine rings is 1. The van der Waals surface area contributed by atoms with E-state index in [1.165, 1.54) is 0 Å². The van der Waals surface area contributed by atoms with E-state index in [-0.39, 0.29) is 0 Å². The van der Waals surface area contributed by atoms with Crippen LogP contribution in [0.3, 0.4) is 0 Å². The van der Waals surface area contributed by atoms with E-state index in [4.69, 9.17) is 4.74 Å². The predicted molar refractivity (Wildman–Crippen MR) is 50.5 cm³/mol. The first-order valence-corrected chi connectivity index (χ1v) is 4.66. The third kappa shape index (κ3) is 2.97. The molecule has 1 N–H and O–H groups in total. The Hall–Kier alpha value is -0.610. The Morgan fingerprint density at radius 1 is 1.69 bits per heavy atom. The molecule has 0 aliphatic carbocycles. The van der Waals surface area contributed by atoms with Gasteiger partial charge < -0.3 is 15.0 Å². The van der Waals surface area contributed by atoms with E-state index < -0.39 is 0 Å². The molecule has 76 valence electrons. The van der Waals surface area contributed by atoms with Crippen LogP contribution in [-0.2, 0) is 9.53 Å². The molecule has 0 aromatic heterocycles. The number of methoxy groups -OCH3 is 1. The molecule has 13 heavy (non-hydrogen) atoms. The van der Waals surface area contributed by atoms with Gasteiger partial charge in [-0.05, 0) is 19.9 Å². The van der Waals surface area contributed by atoms with Crippen molar-refractivity contribution in [3.63, 3.8) is 0 Å². The molecule has 0 saturated carbocycles. The summed E-state index contributed by atoms with van der Waals surface area (Å²) in [6.45, 7) is 1.77. The summed E-state index contributed by atoms with van der Waals surface area (Å²) in [5.41, 5.74) is 0. The van der Waals surface area contributed by atoms with Crippen LogP contribution in [0.5, 0.6) is 0 Å². The Labute approximate surface area is 79.2 Å². The summed E-state index contributed by atoms with van der Waals surface area (Å²) >= 11 is 0. The maximum atomic E-state index is 10.3. The van der Waals surface area contributed by atoms with Gasteiger partial charge in [-0.25, -0.2) is 0 Å². The van der Waals surface area contributed by atoms with Crippen molar-refractivity contribution in [2.24, 2.45) is 0 Å². The van der Waals surface area contributed by atoms with Crippen LogP contribution in [0, 0.1) is 0 Å². The summed E-state index contributed by atoms with van der Waals surface area (Å²) in [6.07, 6.45) is 2.82. The summed E-state index contributed by atoms with van der Waals surface area (Å²) in [4.78, 5) is 12.5. The molecule has 4 nitrogen and oxygen atoms in total. The van der Waals surface area contributed by atoms with Gasteiger partial charge in [0.25, 0.3) is 0 Å². The van der Waals surface area contributed by atoms with E-state index in [0.717, 1.165) is 32.4 Å². The fourth-order valence-electron chi connectivity index (χ4n) is 1.80. The Morgan fingerprint density at radius 3 is 3.08 bits per heavy atom. The van der Waals surface area contributed by atoms with Crippen molar-refractivity contribution < 1.29 is 9.53 Å². The quantitative estimate of drug-likeness (QED) is 0.620. The van der Waals surface area contributed by atoms with Crippen LogP contribution in [0.4, 0.5) is 0 Å². The second-order valence-electron chi connectivity index (χ2n) is 3.60. The van der Waals surface area contributed by atoms with Gasteiger partial charge in [0.1, 0.15) is 0 Å². The molecule has 2 unspecified atom stereocenters. The molecule has 0 bridgehead atoms. The first-order chi connectivity index (χ1) is 6.27. The van der Waals surface area contributed by atoms with Gasteiger partial charge in [0.05, 0.1) is 6.61 Å². The lowest BCUT2D eigenvalue weighted by atomic mass is 9.98. The van der Waals surface area contributed by atoms with E-state index >= 15 is 0 Å². The van der Waals surface area contributed by atoms with E-state index in [0.29, 0.717) is 12.1 Å². The molecule has 0 aromatic carbocycles. The molecular formula is C9H18N2O2. The summed E-state index contributed by atoms with van der Waals surface area (Å²) < 4.78 is 5.12. The molecule has 1 saturated heterocycles. The maximum Gasteiger partial charge on any atom is 0.207 e. The molecule has 0 radical (unpaired) electrons. The average Bonchev–Trinajstić information content (AvgIpc) is 2.12. The van der Waals surface area contributed by atoms with Crippen LogP contribution < -0.4 is 5.32 Å². The minimum atomic E-state index is 0.328. The molecule has 1 aliphatic heterocycles. The Kier molecular flexibility index (Phi) is 4.18. The zero-order valence-corrected chi connectivity index (χ0v) is 8.32. The smallest absolute Gasteiger partial charge is 0.207 e. The number of carbonyl (C=O) groups is 1. The third-order valence-electron chi connectivity index (χ3n) is 2.67. The van der Waals surface area contributed by atoms with E-state index in [2.05, 4.69) is 17.3 Å². The van der Waals surface area contributed by atoms with Gasteiger partial charge in [0.15, 0.2) is 0 Å². The molecule has 0 aromatic rings. The number of nitrogens with one attached hydrogen (secondary N) is 1. The summed E-state index contributed by atoms with van der Waals surface area (Å²) in [7, 11) is 3.81. The SMILES string of the molecule is COCC1CC(NC=O)CCN1C. The molecule has 1 amide bonds. The standard InChI is InChI=1S/C9H18N2O2/c1-11-4-3-8(10-7-12)5-9(11)6-13-2/h7-9H,3-6H2,1-2H3,(H,10,12). The van der Waals surface area contributed by atoms with Gasteiger partial charge in [0, 0.05) is 25.7 Å². The van der Waals surface area contributed by atoms with Crippen molar-refractivity contribution in [1.82, 2.24) is 10.2 Å². The molecule has 1 heterocycles. The molecule has 0 spiro atoms. The highest BCUT2D eigenvalue weighted by Gasteiger charge is 2.25. The van der Waals surface area contributed by atoms with Gasteiger partial charge in [-0.1, -0.05) is 0 Å². The molecule has 4 heteroatoms. The van der Waals surface area contributed by atoms with Crippen molar-refractivity contribution in [2.75, 3.05) is 27.3 Å². The largest absolute Gasteiger partial charge is 0.383 e. The summed E-state index contributed by atoms with van der Waals surface area (Å²) in [5.74, 6) is 0. The zero-order valence-electron chi connectivity index (χ0n) is 8.32. The Balaban J connectivity index is 2.37. The first-order valence-electron chi connectivity index (χ1n) is 4.66. The Bertz CT molecular complexity index is 164. The average molecular weight is 186 g/mol. The topological polar surface area (TPSA) is 41.6 Å². The van der Waals surface area contributed by atoms with Gasteiger partial charge >= 0.3 is 0 Å². The number of amides is 1. The number of nitrogens with zero attached hydrogens (tertiary/aromatic N) is 1. The van der Waals surface area contributed by atoms with Crippen LogP contribution in [0.15, 0.2) is 0 Å². The number of likely N-dealkylation sites (tertiary alicyclic amines) is 1. The minimum Gasteiger partial charge on any atom is -0.383 e. The van der Waals surface area contributed by atoms with Crippen LogP contribution in [0.1, 0.15) is 12.8 Å². The normalized spacial score (nSPS) is 30.0. The van der Waals surface area contributed by atoms with Gasteiger partial charge in [-0.3, -0.25) is 4.79 Å². The van der Waals surface area contributed by atoms with Crippen molar-refractivity contribution in [1.29, 1.82) is 0 Å². The molecule has 1 aliphatic rings. The number of hydrogen-bond acceptors (Lipinski definition) is 3. The highest BCUT2D eigenvalue weighted by Crippen LogP contribution is 2.15. The van der Waals surface area contributed by atoms with Crippen molar-refractivity contribution >= 4 is 6.41 Å². The van der Waals surface area contributed by atoms with E-state index in [9.17, 15) is 4.79 Å². The molecule has 1 rings (SSSR count). The maximum absolute atomic E-state index is 10.3. The second kappa shape index (κ2) is 5.19. The molecule has 2 atom stereocenters. The molecular weight excluding hydrogens is 168 g/mol. The molecule has 1 fully saturated rings. The highest BCUT2D eigenvalue weighted by molar-refractivity contribution is 5.46. The monoisotopic (exact) mass is 186 g/mol. The fourth-order valence-corrected chi connectivity index (χ4v) is 1.80. The lowest BCUT2D eigenvalue weighted by molar-refractivity contribution is -0.110. The lowest BCUT2D eigenvalue weighted by Gasteiger charge is -2.36. The number of ether oxygens (including phenoxy) is 1. The van der Waals surface area contributed by atoms with Crippen LogP contribution >= 0.6 is 0 Å². The van der Waals surface area contributed by atoms with Crippen molar-refractivity contribution in [2.45, 2.75) is 24.9 Å². The first kappa shape index (κ1) is 10.5. The van der Waals surface area contributed by atoms with Gasteiger partial charge in [-0.15, -0.1) is 0 Å². The highest BCUT2D eigenvalue weighted by atomic mass is 16.5. The van der Waals surface area contributed by atoms with Crippen LogP contribution in [0.2, 0.25) is 0 Å². The van der Waals surface area contributed by atoms with Crippen LogP contribution in [0.25, 0.3) is 0 Å². The fraction of sp³-hybridized carbons (Fsp3) is 0.889. The van der Waals surface area contributed by atoms with Crippen LogP contribution in [-0.4, -0.2) is 50.7 Å². The van der Waals surface area contributed by atoms with Gasteiger partial charge in [0.2, 0.25) is 6.41 Å². The summed E-state index contributed by atoms with van der Waals surface area (Å²) in [6, 6.07) is 0.769. The summed E-state index contributed by atoms with van der Waals surface area (Å²) in [5, 5.41) is 2.83. The third-order valence-corrected chi connectivity index (χ3v) is 2.67. The number of likely N-dealkylation sites (N-methyl/N-ethyl adjacent to an activating group) is 1. The van der Waals surface area contributed by atoms with Crippen molar-refractivity contribution in [3.8, 4) is 0 Å². The zero-order chi connectivity index (χ0) is 9.68. The number of hydrogen-bond donors (Lipinski definition) is 1. The number of carbonyl (C=O) groups excluding carboxylic acids is 1. The number of rotatable bonds is 4. The lowest BCUT2D eigenvalue weighted by Crippen LogP contribution is -2.48. The second-order valence-corrected chi connectivity index (χ2v) is 3.60. The van der Waals surface area contributed by atoms with Crippen molar-refractivity contribution in [3.05, 3.63) is 0 Å². The minimum absolute atomic E-state index is 0.328. The van der Waals surface area contributed by atoms with Gasteiger partial charge in [-0.2, -0.15) is 0 Å².